The third-order valence-corrected chi connectivity index (χ3v) is 4.46. The molecule has 0 bridgehead atoms. The highest BCUT2D eigenvalue weighted by atomic mass is 16.5. The number of pyridine rings is 1. The molecule has 1 atom stereocenters. The van der Waals surface area contributed by atoms with E-state index in [1.807, 2.05) is 24.5 Å². The van der Waals surface area contributed by atoms with Crippen molar-refractivity contribution in [3.8, 4) is 11.5 Å². The average Bonchev–Trinajstić information content (AvgIpc) is 2.92. The Morgan fingerprint density at radius 1 is 1.04 bits per heavy atom. The van der Waals surface area contributed by atoms with Crippen LogP contribution in [0.3, 0.4) is 0 Å². The van der Waals surface area contributed by atoms with Gasteiger partial charge in [-0.1, -0.05) is 12.1 Å². The van der Waals surface area contributed by atoms with E-state index in [0.29, 0.717) is 0 Å². The first-order valence-electron chi connectivity index (χ1n) is 8.40. The zero-order valence-electron chi connectivity index (χ0n) is 14.4. The van der Waals surface area contributed by atoms with E-state index < -0.39 is 0 Å². The SMILES string of the molecule is COc1ccc(C(c2cccnc2)N2CCCNCC2)cc1OC. The second-order valence-electron chi connectivity index (χ2n) is 5.94. The number of nitrogens with one attached hydrogen (secondary N) is 1. The maximum atomic E-state index is 5.50. The van der Waals surface area contributed by atoms with Crippen LogP contribution in [0.2, 0.25) is 0 Å². The van der Waals surface area contributed by atoms with Crippen LogP contribution in [0, 0.1) is 0 Å². The highest BCUT2D eigenvalue weighted by molar-refractivity contribution is 5.45. The van der Waals surface area contributed by atoms with Gasteiger partial charge in [0.1, 0.15) is 0 Å². The van der Waals surface area contributed by atoms with Gasteiger partial charge < -0.3 is 14.8 Å². The molecule has 24 heavy (non-hydrogen) atoms. The van der Waals surface area contributed by atoms with Gasteiger partial charge in [-0.25, -0.2) is 0 Å². The standard InChI is InChI=1S/C19H25N3O2/c1-23-17-7-6-15(13-18(17)24-2)19(16-5-3-8-21-14-16)22-11-4-9-20-10-12-22/h3,5-8,13-14,19-20H,4,9-12H2,1-2H3. The molecule has 2 aromatic rings. The summed E-state index contributed by atoms with van der Waals surface area (Å²) < 4.78 is 10.9. The largest absolute Gasteiger partial charge is 0.493 e. The molecule has 1 aromatic heterocycles. The summed E-state index contributed by atoms with van der Waals surface area (Å²) in [6.07, 6.45) is 4.92. The summed E-state index contributed by atoms with van der Waals surface area (Å²) in [5.74, 6) is 1.51. The molecular weight excluding hydrogens is 302 g/mol. The minimum absolute atomic E-state index is 0.165. The molecule has 1 aliphatic heterocycles. The fraction of sp³-hybridized carbons (Fsp3) is 0.421. The van der Waals surface area contributed by atoms with E-state index in [-0.39, 0.29) is 6.04 Å². The van der Waals surface area contributed by atoms with E-state index in [2.05, 4.69) is 33.4 Å². The van der Waals surface area contributed by atoms with Crippen LogP contribution in [0.15, 0.2) is 42.7 Å². The van der Waals surface area contributed by atoms with E-state index in [4.69, 9.17) is 9.47 Å². The first kappa shape index (κ1) is 16.7. The Bertz CT molecular complexity index is 640. The summed E-state index contributed by atoms with van der Waals surface area (Å²) in [4.78, 5) is 6.84. The van der Waals surface area contributed by atoms with Crippen LogP contribution in [0.5, 0.6) is 11.5 Å². The summed E-state index contributed by atoms with van der Waals surface area (Å²) >= 11 is 0. The Kier molecular flexibility index (Phi) is 5.67. The van der Waals surface area contributed by atoms with E-state index in [1.165, 1.54) is 11.1 Å². The molecule has 1 aliphatic rings. The second-order valence-corrected chi connectivity index (χ2v) is 5.94. The smallest absolute Gasteiger partial charge is 0.161 e. The summed E-state index contributed by atoms with van der Waals surface area (Å²) in [5.41, 5.74) is 2.40. The van der Waals surface area contributed by atoms with Crippen molar-refractivity contribution in [2.24, 2.45) is 0 Å². The zero-order chi connectivity index (χ0) is 16.8. The number of benzene rings is 1. The Balaban J connectivity index is 2.00. The molecule has 3 rings (SSSR count). The van der Waals surface area contributed by atoms with E-state index in [1.54, 1.807) is 14.2 Å². The van der Waals surface area contributed by atoms with Crippen molar-refractivity contribution >= 4 is 0 Å². The fourth-order valence-electron chi connectivity index (χ4n) is 3.30. The number of ether oxygens (including phenoxy) is 2. The third kappa shape index (κ3) is 3.68. The van der Waals surface area contributed by atoms with Crippen molar-refractivity contribution in [2.45, 2.75) is 12.5 Å². The van der Waals surface area contributed by atoms with Gasteiger partial charge in [-0.3, -0.25) is 9.88 Å². The molecule has 1 aromatic carbocycles. The number of methoxy groups -OCH3 is 2. The van der Waals surface area contributed by atoms with Crippen molar-refractivity contribution in [1.82, 2.24) is 15.2 Å². The van der Waals surface area contributed by atoms with Crippen molar-refractivity contribution in [1.29, 1.82) is 0 Å². The molecule has 0 spiro atoms. The van der Waals surface area contributed by atoms with E-state index >= 15 is 0 Å². The Morgan fingerprint density at radius 3 is 2.67 bits per heavy atom. The van der Waals surface area contributed by atoms with Crippen LogP contribution >= 0.6 is 0 Å². The molecule has 5 nitrogen and oxygen atoms in total. The van der Waals surface area contributed by atoms with Crippen LogP contribution in [0.25, 0.3) is 0 Å². The number of rotatable bonds is 5. The average molecular weight is 327 g/mol. The summed E-state index contributed by atoms with van der Waals surface area (Å²) in [5, 5.41) is 3.47. The van der Waals surface area contributed by atoms with E-state index in [9.17, 15) is 0 Å². The number of aromatic nitrogens is 1. The second kappa shape index (κ2) is 8.13. The Hall–Kier alpha value is -2.11. The summed E-state index contributed by atoms with van der Waals surface area (Å²) in [6.45, 7) is 4.14. The summed E-state index contributed by atoms with van der Waals surface area (Å²) in [7, 11) is 3.34. The van der Waals surface area contributed by atoms with Gasteiger partial charge in [0.05, 0.1) is 20.3 Å². The maximum absolute atomic E-state index is 5.50. The topological polar surface area (TPSA) is 46.6 Å². The van der Waals surface area contributed by atoms with Gasteiger partial charge in [-0.2, -0.15) is 0 Å². The molecule has 0 radical (unpaired) electrons. The lowest BCUT2D eigenvalue weighted by Gasteiger charge is -2.31. The summed E-state index contributed by atoms with van der Waals surface area (Å²) in [6, 6.07) is 10.5. The minimum atomic E-state index is 0.165. The first-order chi connectivity index (χ1) is 11.8. The van der Waals surface area contributed by atoms with Crippen molar-refractivity contribution < 1.29 is 9.47 Å². The fourth-order valence-corrected chi connectivity index (χ4v) is 3.30. The van der Waals surface area contributed by atoms with E-state index in [0.717, 1.165) is 44.1 Å². The van der Waals surface area contributed by atoms with Crippen LogP contribution in [0.4, 0.5) is 0 Å². The minimum Gasteiger partial charge on any atom is -0.493 e. The maximum Gasteiger partial charge on any atom is 0.161 e. The van der Waals surface area contributed by atoms with Crippen molar-refractivity contribution in [2.75, 3.05) is 40.4 Å². The van der Waals surface area contributed by atoms with Crippen molar-refractivity contribution in [3.63, 3.8) is 0 Å². The predicted molar refractivity (Wildman–Crippen MR) is 94.7 cm³/mol. The predicted octanol–water partition coefficient (Wildman–Crippen LogP) is 2.48. The lowest BCUT2D eigenvalue weighted by atomic mass is 9.97. The molecule has 5 heteroatoms. The highest BCUT2D eigenvalue weighted by Crippen LogP contribution is 2.35. The molecule has 1 saturated heterocycles. The molecule has 0 saturated carbocycles. The van der Waals surface area contributed by atoms with Gasteiger partial charge >= 0.3 is 0 Å². The van der Waals surface area contributed by atoms with Crippen LogP contribution in [-0.4, -0.2) is 50.3 Å². The number of hydrogen-bond donors (Lipinski definition) is 1. The zero-order valence-corrected chi connectivity index (χ0v) is 14.4. The number of hydrogen-bond acceptors (Lipinski definition) is 5. The molecule has 1 N–H and O–H groups in total. The monoisotopic (exact) mass is 327 g/mol. The van der Waals surface area contributed by atoms with Gasteiger partial charge in [0, 0.05) is 32.0 Å². The van der Waals surface area contributed by atoms with Gasteiger partial charge in [0.15, 0.2) is 11.5 Å². The number of nitrogens with zero attached hydrogens (tertiary/aromatic N) is 2. The molecule has 128 valence electrons. The highest BCUT2D eigenvalue weighted by Gasteiger charge is 2.24. The Labute approximate surface area is 143 Å². The molecule has 0 amide bonds. The molecular formula is C19H25N3O2. The molecule has 2 heterocycles. The third-order valence-electron chi connectivity index (χ3n) is 4.46. The van der Waals surface area contributed by atoms with Gasteiger partial charge in [-0.05, 0) is 42.3 Å². The lowest BCUT2D eigenvalue weighted by Crippen LogP contribution is -2.33. The lowest BCUT2D eigenvalue weighted by molar-refractivity contribution is 0.240. The van der Waals surface area contributed by atoms with Crippen LogP contribution in [0.1, 0.15) is 23.6 Å². The van der Waals surface area contributed by atoms with Crippen molar-refractivity contribution in [3.05, 3.63) is 53.9 Å². The van der Waals surface area contributed by atoms with Gasteiger partial charge in [-0.15, -0.1) is 0 Å². The Morgan fingerprint density at radius 2 is 1.92 bits per heavy atom. The normalized spacial score (nSPS) is 17.1. The molecule has 1 fully saturated rings. The van der Waals surface area contributed by atoms with Crippen LogP contribution < -0.4 is 14.8 Å². The first-order valence-corrected chi connectivity index (χ1v) is 8.40. The van der Waals surface area contributed by atoms with Gasteiger partial charge in [0.25, 0.3) is 0 Å². The molecule has 0 aliphatic carbocycles. The van der Waals surface area contributed by atoms with Crippen LogP contribution in [-0.2, 0) is 0 Å². The molecule has 1 unspecified atom stereocenters. The quantitative estimate of drug-likeness (QED) is 0.914. The van der Waals surface area contributed by atoms with Gasteiger partial charge in [0.2, 0.25) is 0 Å².